The number of hydrogen-bond acceptors (Lipinski definition) is 1. The fourth-order valence-electron chi connectivity index (χ4n) is 0.793. The fourth-order valence-corrected chi connectivity index (χ4v) is 2.38. The van der Waals surface area contributed by atoms with Crippen LogP contribution in [0.4, 0.5) is 0 Å². The maximum Gasteiger partial charge on any atom is 0.236 e. The first-order valence-corrected chi connectivity index (χ1v) is 5.41. The molecule has 9 heavy (non-hydrogen) atoms. The lowest BCUT2D eigenvalue weighted by Gasteiger charge is -2.03. The SMILES string of the molecule is CCCP([O])(=O)CCC. The van der Waals surface area contributed by atoms with Gasteiger partial charge in [-0.05, 0) is 12.8 Å². The second-order valence-corrected chi connectivity index (χ2v) is 4.79. The van der Waals surface area contributed by atoms with Crippen molar-refractivity contribution in [2.75, 3.05) is 12.3 Å². The van der Waals surface area contributed by atoms with Crippen molar-refractivity contribution in [1.29, 1.82) is 0 Å². The molecule has 0 heterocycles. The number of hydrogen-bond donors (Lipinski definition) is 0. The Morgan fingerprint density at radius 1 is 1.11 bits per heavy atom. The molecule has 0 saturated carbocycles. The summed E-state index contributed by atoms with van der Waals surface area (Å²) >= 11 is 0. The van der Waals surface area contributed by atoms with E-state index >= 15 is 0 Å². The van der Waals surface area contributed by atoms with Crippen LogP contribution in [0.5, 0.6) is 0 Å². The molecule has 0 aliphatic carbocycles. The molecule has 55 valence electrons. The maximum atomic E-state index is 10.9. The normalized spacial score (nSPS) is 11.9. The summed E-state index contributed by atoms with van der Waals surface area (Å²) in [6.07, 6.45) is 2.25. The van der Waals surface area contributed by atoms with Gasteiger partial charge < -0.3 is 0 Å². The predicted molar refractivity (Wildman–Crippen MR) is 38.6 cm³/mol. The minimum atomic E-state index is -2.94. The Hall–Kier alpha value is 0.190. The second kappa shape index (κ2) is 4.08. The lowest BCUT2D eigenvalue weighted by atomic mass is 10.6. The van der Waals surface area contributed by atoms with Crippen molar-refractivity contribution in [2.24, 2.45) is 0 Å². The first-order valence-electron chi connectivity index (χ1n) is 3.41. The van der Waals surface area contributed by atoms with E-state index in [1.165, 1.54) is 0 Å². The molecule has 0 aromatic carbocycles. The van der Waals surface area contributed by atoms with Crippen LogP contribution >= 0.6 is 7.37 Å². The summed E-state index contributed by atoms with van der Waals surface area (Å²) in [4.78, 5) is 10.9. The Morgan fingerprint density at radius 2 is 1.44 bits per heavy atom. The Bertz CT molecular complexity index is 102. The van der Waals surface area contributed by atoms with Crippen molar-refractivity contribution in [3.63, 3.8) is 0 Å². The first-order chi connectivity index (χ1) is 4.12. The zero-order valence-corrected chi connectivity index (χ0v) is 6.99. The van der Waals surface area contributed by atoms with Gasteiger partial charge in [0, 0.05) is 12.3 Å². The second-order valence-electron chi connectivity index (χ2n) is 2.26. The van der Waals surface area contributed by atoms with Gasteiger partial charge in [-0.1, -0.05) is 13.8 Å². The molecule has 0 aromatic rings. The zero-order valence-electron chi connectivity index (χ0n) is 6.09. The van der Waals surface area contributed by atoms with Crippen LogP contribution in [0.3, 0.4) is 0 Å². The summed E-state index contributed by atoms with van der Waals surface area (Å²) in [5, 5.41) is 0. The quantitative estimate of drug-likeness (QED) is 0.566. The zero-order chi connectivity index (χ0) is 7.33. The van der Waals surface area contributed by atoms with Crippen molar-refractivity contribution in [3.8, 4) is 0 Å². The van der Waals surface area contributed by atoms with Gasteiger partial charge in [-0.25, -0.2) is 0 Å². The highest BCUT2D eigenvalue weighted by atomic mass is 31.2. The molecule has 3 heteroatoms. The summed E-state index contributed by atoms with van der Waals surface area (Å²) in [5.41, 5.74) is 0. The Labute approximate surface area is 56.7 Å². The molecule has 0 N–H and O–H groups in total. The van der Waals surface area contributed by atoms with Gasteiger partial charge in [-0.2, -0.15) is 4.89 Å². The molecule has 0 amide bonds. The molecule has 0 aliphatic rings. The average Bonchev–Trinajstić information content (AvgIpc) is 1.64. The lowest BCUT2D eigenvalue weighted by Crippen LogP contribution is -1.89. The van der Waals surface area contributed by atoms with Gasteiger partial charge >= 0.3 is 0 Å². The minimum Gasteiger partial charge on any atom is -0.290 e. The summed E-state index contributed by atoms with van der Waals surface area (Å²) in [5.74, 6) is 0. The third-order valence-electron chi connectivity index (χ3n) is 1.13. The highest BCUT2D eigenvalue weighted by Gasteiger charge is 2.16. The molecule has 0 fully saturated rings. The Kier molecular flexibility index (Phi) is 4.16. The topological polar surface area (TPSA) is 37.0 Å². The van der Waals surface area contributed by atoms with E-state index in [1.54, 1.807) is 0 Å². The standard InChI is InChI=1S/C6H14O2P/c1-3-5-9(7,8)6-4-2/h3-6H2,1-2H3. The molecule has 2 nitrogen and oxygen atoms in total. The Balaban J connectivity index is 3.58. The van der Waals surface area contributed by atoms with Crippen molar-refractivity contribution in [2.45, 2.75) is 26.7 Å². The summed E-state index contributed by atoms with van der Waals surface area (Å²) in [6, 6.07) is 0. The van der Waals surface area contributed by atoms with Gasteiger partial charge in [0.25, 0.3) is 0 Å². The molecule has 0 aromatic heterocycles. The molecule has 0 spiro atoms. The van der Waals surface area contributed by atoms with Gasteiger partial charge in [0.15, 0.2) is 0 Å². The van der Waals surface area contributed by atoms with E-state index in [1.807, 2.05) is 13.8 Å². The van der Waals surface area contributed by atoms with E-state index in [-0.39, 0.29) is 0 Å². The fraction of sp³-hybridized carbons (Fsp3) is 1.00. The monoisotopic (exact) mass is 149 g/mol. The smallest absolute Gasteiger partial charge is 0.236 e. The van der Waals surface area contributed by atoms with E-state index in [4.69, 9.17) is 0 Å². The van der Waals surface area contributed by atoms with Crippen molar-refractivity contribution in [3.05, 3.63) is 0 Å². The van der Waals surface area contributed by atoms with Crippen LogP contribution in [-0.2, 0) is 9.46 Å². The maximum absolute atomic E-state index is 10.9. The molecule has 0 aliphatic heterocycles. The van der Waals surface area contributed by atoms with E-state index in [2.05, 4.69) is 0 Å². The van der Waals surface area contributed by atoms with E-state index in [0.717, 1.165) is 12.8 Å². The summed E-state index contributed by atoms with van der Waals surface area (Å²) in [6.45, 7) is 3.78. The summed E-state index contributed by atoms with van der Waals surface area (Å²) < 4.78 is 10.9. The molecule has 0 saturated heterocycles. The van der Waals surface area contributed by atoms with E-state index < -0.39 is 7.37 Å². The molecule has 0 atom stereocenters. The van der Waals surface area contributed by atoms with Gasteiger partial charge in [0.1, 0.15) is 0 Å². The third-order valence-corrected chi connectivity index (χ3v) is 3.39. The van der Waals surface area contributed by atoms with Crippen molar-refractivity contribution >= 4 is 7.37 Å². The van der Waals surface area contributed by atoms with Gasteiger partial charge in [-0.3, -0.25) is 4.57 Å². The van der Waals surface area contributed by atoms with Gasteiger partial charge in [0.2, 0.25) is 7.37 Å². The third kappa shape index (κ3) is 4.68. The highest BCUT2D eigenvalue weighted by molar-refractivity contribution is 7.57. The largest absolute Gasteiger partial charge is 0.290 e. The molecular formula is C6H14O2P. The van der Waals surface area contributed by atoms with E-state index in [9.17, 15) is 9.46 Å². The van der Waals surface area contributed by atoms with Crippen LogP contribution in [0.15, 0.2) is 0 Å². The van der Waals surface area contributed by atoms with Crippen molar-refractivity contribution < 1.29 is 9.46 Å². The Morgan fingerprint density at radius 3 is 1.67 bits per heavy atom. The van der Waals surface area contributed by atoms with Crippen LogP contribution in [0, 0.1) is 0 Å². The molecule has 0 rings (SSSR count). The molecular weight excluding hydrogens is 135 g/mol. The van der Waals surface area contributed by atoms with Crippen LogP contribution in [-0.4, -0.2) is 12.3 Å². The molecule has 1 radical (unpaired) electrons. The van der Waals surface area contributed by atoms with Crippen molar-refractivity contribution in [1.82, 2.24) is 0 Å². The minimum absolute atomic E-state index is 0.376. The first kappa shape index (κ1) is 9.19. The van der Waals surface area contributed by atoms with E-state index in [0.29, 0.717) is 12.3 Å². The van der Waals surface area contributed by atoms with Crippen LogP contribution < -0.4 is 0 Å². The van der Waals surface area contributed by atoms with Crippen LogP contribution in [0.2, 0.25) is 0 Å². The number of rotatable bonds is 4. The lowest BCUT2D eigenvalue weighted by molar-refractivity contribution is 0.408. The highest BCUT2D eigenvalue weighted by Crippen LogP contribution is 2.42. The predicted octanol–water partition coefficient (Wildman–Crippen LogP) is 2.52. The van der Waals surface area contributed by atoms with Gasteiger partial charge in [-0.15, -0.1) is 0 Å². The van der Waals surface area contributed by atoms with Crippen LogP contribution in [0.1, 0.15) is 26.7 Å². The van der Waals surface area contributed by atoms with Gasteiger partial charge in [0.05, 0.1) is 0 Å². The molecule has 0 bridgehead atoms. The summed E-state index contributed by atoms with van der Waals surface area (Å²) in [7, 11) is -2.94. The average molecular weight is 149 g/mol. The molecule has 0 unspecified atom stereocenters. The van der Waals surface area contributed by atoms with Crippen LogP contribution in [0.25, 0.3) is 0 Å².